The van der Waals surface area contributed by atoms with Gasteiger partial charge in [-0.1, -0.05) is 38.5 Å². The fourth-order valence-electron chi connectivity index (χ4n) is 3.76. The van der Waals surface area contributed by atoms with Gasteiger partial charge in [0.05, 0.1) is 6.17 Å². The van der Waals surface area contributed by atoms with Crippen LogP contribution in [0.1, 0.15) is 64.2 Å². The second kappa shape index (κ2) is 5.05. The van der Waals surface area contributed by atoms with Crippen LogP contribution in [0.25, 0.3) is 0 Å². The van der Waals surface area contributed by atoms with Crippen molar-refractivity contribution in [3.05, 3.63) is 0 Å². The van der Waals surface area contributed by atoms with E-state index in [2.05, 4.69) is 10.4 Å². The van der Waals surface area contributed by atoms with Gasteiger partial charge in [0, 0.05) is 6.54 Å². The molecular weight excluding hydrogens is 196 g/mol. The minimum absolute atomic E-state index is 0.766. The van der Waals surface area contributed by atoms with Gasteiger partial charge in [-0.3, -0.25) is 0 Å². The molecule has 0 amide bonds. The zero-order valence-corrected chi connectivity index (χ0v) is 10.5. The molecule has 2 aliphatic carbocycles. The highest BCUT2D eigenvalue weighted by Crippen LogP contribution is 2.34. The van der Waals surface area contributed by atoms with Crippen molar-refractivity contribution in [2.45, 2.75) is 70.4 Å². The molecule has 1 aliphatic heterocycles. The van der Waals surface area contributed by atoms with Crippen LogP contribution in [0, 0.1) is 11.8 Å². The Hall–Kier alpha value is -0.0800. The molecule has 2 nitrogen and oxygen atoms in total. The average molecular weight is 222 g/mol. The first-order chi connectivity index (χ1) is 7.93. The predicted octanol–water partition coefficient (Wildman–Crippen LogP) is 3.29. The summed E-state index contributed by atoms with van der Waals surface area (Å²) >= 11 is 0. The summed E-state index contributed by atoms with van der Waals surface area (Å²) in [4.78, 5) is 0. The van der Waals surface area contributed by atoms with Crippen LogP contribution >= 0.6 is 0 Å². The molecule has 3 rings (SSSR count). The van der Waals surface area contributed by atoms with Gasteiger partial charge >= 0.3 is 0 Å². The standard InChI is InChI=1S/C14H26N2/c1-3-7-12(8-4-1)11-16-14(15-16)13-9-5-2-6-10-13/h12-15H,1-11H2. The summed E-state index contributed by atoms with van der Waals surface area (Å²) in [6, 6.07) is 0. The van der Waals surface area contributed by atoms with Gasteiger partial charge in [0.2, 0.25) is 0 Å². The van der Waals surface area contributed by atoms with E-state index in [1.807, 2.05) is 0 Å². The van der Waals surface area contributed by atoms with Crippen LogP contribution in [-0.2, 0) is 0 Å². The Morgan fingerprint density at radius 2 is 1.44 bits per heavy atom. The van der Waals surface area contributed by atoms with Crippen LogP contribution < -0.4 is 5.43 Å². The molecule has 1 N–H and O–H groups in total. The summed E-state index contributed by atoms with van der Waals surface area (Å²) in [6.45, 7) is 1.33. The van der Waals surface area contributed by atoms with Crippen molar-refractivity contribution in [3.8, 4) is 0 Å². The quantitative estimate of drug-likeness (QED) is 0.741. The molecule has 16 heavy (non-hydrogen) atoms. The lowest BCUT2D eigenvalue weighted by atomic mass is 9.87. The van der Waals surface area contributed by atoms with Gasteiger partial charge in [-0.25, -0.2) is 10.4 Å². The van der Waals surface area contributed by atoms with Gasteiger partial charge in [0.15, 0.2) is 0 Å². The molecule has 2 atom stereocenters. The molecule has 0 spiro atoms. The van der Waals surface area contributed by atoms with Crippen LogP contribution in [0.5, 0.6) is 0 Å². The van der Waals surface area contributed by atoms with E-state index in [0.29, 0.717) is 0 Å². The Morgan fingerprint density at radius 3 is 2.12 bits per heavy atom. The zero-order chi connectivity index (χ0) is 10.8. The molecule has 2 heteroatoms. The second-order valence-electron chi connectivity index (χ2n) is 6.13. The van der Waals surface area contributed by atoms with Crippen LogP contribution in [0.15, 0.2) is 0 Å². The average Bonchev–Trinajstić information content (AvgIpc) is 3.11. The lowest BCUT2D eigenvalue weighted by molar-refractivity contribution is 0.260. The Kier molecular flexibility index (Phi) is 3.49. The number of hydrazine groups is 1. The molecule has 2 unspecified atom stereocenters. The van der Waals surface area contributed by atoms with Crippen molar-refractivity contribution < 1.29 is 0 Å². The van der Waals surface area contributed by atoms with Gasteiger partial charge < -0.3 is 0 Å². The first-order valence-corrected chi connectivity index (χ1v) is 7.46. The van der Waals surface area contributed by atoms with Crippen molar-refractivity contribution >= 4 is 0 Å². The van der Waals surface area contributed by atoms with Gasteiger partial charge in [0.1, 0.15) is 0 Å². The first kappa shape index (κ1) is 11.0. The Labute approximate surface area is 99.7 Å². The topological polar surface area (TPSA) is 25.0 Å². The lowest BCUT2D eigenvalue weighted by Crippen LogP contribution is -2.22. The van der Waals surface area contributed by atoms with Crippen molar-refractivity contribution in [1.82, 2.24) is 10.4 Å². The van der Waals surface area contributed by atoms with E-state index in [4.69, 9.17) is 0 Å². The van der Waals surface area contributed by atoms with Crippen LogP contribution in [0.2, 0.25) is 0 Å². The van der Waals surface area contributed by atoms with Crippen molar-refractivity contribution in [1.29, 1.82) is 0 Å². The third-order valence-corrected chi connectivity index (χ3v) is 4.84. The molecule has 1 saturated heterocycles. The van der Waals surface area contributed by atoms with E-state index in [0.717, 1.165) is 18.0 Å². The molecule has 0 radical (unpaired) electrons. The van der Waals surface area contributed by atoms with Crippen LogP contribution in [0.3, 0.4) is 0 Å². The van der Waals surface area contributed by atoms with Gasteiger partial charge in [0.25, 0.3) is 0 Å². The summed E-state index contributed by atoms with van der Waals surface area (Å²) in [5.74, 6) is 1.96. The Balaban J connectivity index is 1.41. The smallest absolute Gasteiger partial charge is 0.0891 e. The first-order valence-electron chi connectivity index (χ1n) is 7.46. The largest absolute Gasteiger partial charge is 0.235 e. The molecule has 1 heterocycles. The van der Waals surface area contributed by atoms with Crippen LogP contribution in [-0.4, -0.2) is 17.7 Å². The molecular formula is C14H26N2. The zero-order valence-electron chi connectivity index (χ0n) is 10.5. The molecule has 0 aromatic carbocycles. The minimum atomic E-state index is 0.766. The predicted molar refractivity (Wildman–Crippen MR) is 66.8 cm³/mol. The maximum atomic E-state index is 3.62. The van der Waals surface area contributed by atoms with Crippen molar-refractivity contribution in [3.63, 3.8) is 0 Å². The Morgan fingerprint density at radius 1 is 0.812 bits per heavy atom. The van der Waals surface area contributed by atoms with E-state index in [1.54, 1.807) is 0 Å². The number of hydrogen-bond donors (Lipinski definition) is 1. The number of nitrogens with zero attached hydrogens (tertiary/aromatic N) is 1. The Bertz CT molecular complexity index is 217. The van der Waals surface area contributed by atoms with E-state index in [1.165, 1.54) is 70.8 Å². The molecule has 0 aromatic heterocycles. The molecule has 3 aliphatic rings. The van der Waals surface area contributed by atoms with E-state index in [9.17, 15) is 0 Å². The molecule has 0 bridgehead atoms. The third kappa shape index (κ3) is 2.60. The highest BCUT2D eigenvalue weighted by Gasteiger charge is 2.41. The number of hydrogen-bond acceptors (Lipinski definition) is 2. The van der Waals surface area contributed by atoms with E-state index in [-0.39, 0.29) is 0 Å². The third-order valence-electron chi connectivity index (χ3n) is 4.84. The number of rotatable bonds is 3. The molecule has 0 aromatic rings. The number of nitrogens with one attached hydrogen (secondary N) is 1. The summed E-state index contributed by atoms with van der Waals surface area (Å²) in [5, 5.41) is 2.55. The van der Waals surface area contributed by atoms with Crippen LogP contribution in [0.4, 0.5) is 0 Å². The maximum Gasteiger partial charge on any atom is 0.0891 e. The minimum Gasteiger partial charge on any atom is -0.235 e. The molecule has 2 saturated carbocycles. The summed E-state index contributed by atoms with van der Waals surface area (Å²) in [7, 11) is 0. The highest BCUT2D eigenvalue weighted by molar-refractivity contribution is 4.88. The van der Waals surface area contributed by atoms with Gasteiger partial charge in [-0.05, 0) is 37.5 Å². The van der Waals surface area contributed by atoms with Gasteiger partial charge in [-0.2, -0.15) is 0 Å². The normalized spacial score (nSPS) is 37.5. The monoisotopic (exact) mass is 222 g/mol. The fraction of sp³-hybridized carbons (Fsp3) is 1.00. The molecule has 3 fully saturated rings. The van der Waals surface area contributed by atoms with E-state index < -0.39 is 0 Å². The summed E-state index contributed by atoms with van der Waals surface area (Å²) in [5.41, 5.74) is 3.62. The summed E-state index contributed by atoms with van der Waals surface area (Å²) in [6.07, 6.45) is 15.5. The SMILES string of the molecule is C1CCC(CN2NC2C2CCCCC2)CC1. The van der Waals surface area contributed by atoms with Crippen molar-refractivity contribution in [2.75, 3.05) is 6.54 Å². The molecule has 92 valence electrons. The highest BCUT2D eigenvalue weighted by atomic mass is 15.7. The van der Waals surface area contributed by atoms with Gasteiger partial charge in [-0.15, -0.1) is 0 Å². The summed E-state index contributed by atoms with van der Waals surface area (Å²) < 4.78 is 0. The second-order valence-corrected chi connectivity index (χ2v) is 6.13. The maximum absolute atomic E-state index is 3.62. The lowest BCUT2D eigenvalue weighted by Gasteiger charge is -2.23. The van der Waals surface area contributed by atoms with E-state index >= 15 is 0 Å². The fourth-order valence-corrected chi connectivity index (χ4v) is 3.76. The van der Waals surface area contributed by atoms with Crippen molar-refractivity contribution in [2.24, 2.45) is 11.8 Å².